The number of nitrogens with zero attached hydrogens (tertiary/aromatic N) is 3. The third-order valence-electron chi connectivity index (χ3n) is 7.53. The maximum absolute atomic E-state index is 14.1. The highest BCUT2D eigenvalue weighted by molar-refractivity contribution is 9.10. The highest BCUT2D eigenvalue weighted by atomic mass is 79.9. The summed E-state index contributed by atoms with van der Waals surface area (Å²) in [6.45, 7) is 4.20. The van der Waals surface area contributed by atoms with Crippen molar-refractivity contribution in [2.75, 3.05) is 17.7 Å². The Morgan fingerprint density at radius 3 is 2.57 bits per heavy atom. The van der Waals surface area contributed by atoms with E-state index in [2.05, 4.69) is 42.5 Å². The van der Waals surface area contributed by atoms with Crippen LogP contribution in [-0.4, -0.2) is 27.8 Å². The number of aryl methyl sites for hydroxylation is 1. The molecule has 47 heavy (non-hydrogen) atoms. The van der Waals surface area contributed by atoms with Gasteiger partial charge in [0.15, 0.2) is 11.5 Å². The summed E-state index contributed by atoms with van der Waals surface area (Å²) in [7, 11) is 1.59. The van der Waals surface area contributed by atoms with Gasteiger partial charge in [-0.05, 0) is 94.5 Å². The average molecular weight is 796 g/mol. The number of anilines is 2. The third kappa shape index (κ3) is 7.54. The molecule has 0 aliphatic carbocycles. The summed E-state index contributed by atoms with van der Waals surface area (Å²) >= 11 is 15.1. The van der Waals surface area contributed by atoms with E-state index in [1.807, 2.05) is 98.8 Å². The number of carbonyl (C=O) groups is 1. The molecule has 2 heterocycles. The number of nitrogens with one attached hydrogen (secondary N) is 2. The fourth-order valence-corrected chi connectivity index (χ4v) is 7.20. The lowest BCUT2D eigenvalue weighted by Gasteiger charge is -2.29. The molecule has 0 saturated heterocycles. The maximum Gasteiger partial charge on any atom is 0.255 e. The van der Waals surface area contributed by atoms with Gasteiger partial charge in [0.1, 0.15) is 12.6 Å². The zero-order valence-corrected chi connectivity index (χ0v) is 30.4. The molecule has 0 saturated carbocycles. The number of ether oxygens (including phenoxy) is 2. The molecule has 8 nitrogen and oxygen atoms in total. The van der Waals surface area contributed by atoms with Gasteiger partial charge >= 0.3 is 0 Å². The summed E-state index contributed by atoms with van der Waals surface area (Å²) in [5.74, 6) is 1.91. The number of carbonyl (C=O) groups excluding carboxylic acids is 1. The van der Waals surface area contributed by atoms with E-state index in [0.717, 1.165) is 26.7 Å². The van der Waals surface area contributed by atoms with Crippen molar-refractivity contribution >= 4 is 72.8 Å². The van der Waals surface area contributed by atoms with Crippen LogP contribution in [0, 0.1) is 6.92 Å². The number of amides is 1. The van der Waals surface area contributed by atoms with E-state index in [-0.39, 0.29) is 5.91 Å². The smallest absolute Gasteiger partial charge is 0.255 e. The highest BCUT2D eigenvalue weighted by Crippen LogP contribution is 2.44. The summed E-state index contributed by atoms with van der Waals surface area (Å²) < 4.78 is 15.5. The fraction of sp³-hybridized carbons (Fsp3) is 0.171. The molecule has 2 N–H and O–H groups in total. The van der Waals surface area contributed by atoms with Crippen molar-refractivity contribution < 1.29 is 14.3 Å². The van der Waals surface area contributed by atoms with Gasteiger partial charge in [-0.2, -0.15) is 4.98 Å². The number of fused-ring (bicyclic) bond motifs is 1. The predicted octanol–water partition coefficient (Wildman–Crippen LogP) is 9.57. The zero-order valence-electron chi connectivity index (χ0n) is 25.7. The normalized spacial score (nSPS) is 14.0. The number of aromatic nitrogens is 3. The number of hydrogen-bond donors (Lipinski definition) is 2. The molecule has 12 heteroatoms. The van der Waals surface area contributed by atoms with E-state index in [0.29, 0.717) is 61.4 Å². The average Bonchev–Trinajstić information content (AvgIpc) is 3.45. The Balaban J connectivity index is 1.37. The van der Waals surface area contributed by atoms with Crippen LogP contribution in [0.3, 0.4) is 0 Å². The van der Waals surface area contributed by atoms with Crippen molar-refractivity contribution in [3.63, 3.8) is 0 Å². The van der Waals surface area contributed by atoms with Crippen molar-refractivity contribution in [3.8, 4) is 11.5 Å². The summed E-state index contributed by atoms with van der Waals surface area (Å²) in [5, 5.41) is 12.5. The lowest BCUT2D eigenvalue weighted by molar-refractivity contribution is -0.113. The van der Waals surface area contributed by atoms with Crippen molar-refractivity contribution in [2.24, 2.45) is 0 Å². The van der Waals surface area contributed by atoms with E-state index in [4.69, 9.17) is 31.2 Å². The Morgan fingerprint density at radius 2 is 1.83 bits per heavy atom. The number of thioether (sulfide) groups is 1. The van der Waals surface area contributed by atoms with Crippen LogP contribution in [0.5, 0.6) is 11.5 Å². The summed E-state index contributed by atoms with van der Waals surface area (Å²) in [6.07, 6.45) is 0. The van der Waals surface area contributed by atoms with E-state index in [9.17, 15) is 4.79 Å². The van der Waals surface area contributed by atoms with Crippen LogP contribution in [-0.2, 0) is 17.2 Å². The molecule has 240 valence electrons. The minimum atomic E-state index is -0.635. The maximum atomic E-state index is 14.1. The van der Waals surface area contributed by atoms with E-state index >= 15 is 0 Å². The van der Waals surface area contributed by atoms with Crippen LogP contribution in [0.2, 0.25) is 5.02 Å². The van der Waals surface area contributed by atoms with Gasteiger partial charge in [0.2, 0.25) is 11.1 Å². The van der Waals surface area contributed by atoms with Gasteiger partial charge in [0.25, 0.3) is 5.91 Å². The molecular weight excluding hydrogens is 766 g/mol. The monoisotopic (exact) mass is 793 g/mol. The molecule has 0 bridgehead atoms. The molecule has 1 unspecified atom stereocenters. The van der Waals surface area contributed by atoms with Gasteiger partial charge in [-0.25, -0.2) is 4.68 Å². The summed E-state index contributed by atoms with van der Waals surface area (Å²) in [4.78, 5) is 18.9. The highest BCUT2D eigenvalue weighted by Gasteiger charge is 2.35. The first-order valence-corrected chi connectivity index (χ1v) is 17.6. The van der Waals surface area contributed by atoms with Gasteiger partial charge in [0.05, 0.1) is 17.2 Å². The van der Waals surface area contributed by atoms with Crippen LogP contribution in [0.4, 0.5) is 11.6 Å². The lowest BCUT2D eigenvalue weighted by Crippen LogP contribution is -2.31. The van der Waals surface area contributed by atoms with Crippen LogP contribution >= 0.6 is 55.2 Å². The molecule has 0 spiro atoms. The molecule has 6 rings (SSSR count). The zero-order chi connectivity index (χ0) is 33.1. The van der Waals surface area contributed by atoms with Crippen LogP contribution in [0.15, 0.2) is 110 Å². The number of allylic oxidation sites excluding steroid dienone is 1. The Morgan fingerprint density at radius 1 is 1.04 bits per heavy atom. The van der Waals surface area contributed by atoms with Crippen LogP contribution in [0.25, 0.3) is 0 Å². The number of halogens is 3. The predicted molar refractivity (Wildman–Crippen MR) is 194 cm³/mol. The molecule has 1 amide bonds. The second kappa shape index (κ2) is 14.6. The standard InChI is InChI=1S/C35H30Br2ClN5O3S/c1-20-7-6-9-26(15-20)40-33(44)30-21(2)39-34-41-35(47-19-23-8-4-5-10-28(23)38)42-43(34)31(30)24-16-27(37)32(29(17-24)45-3)46-18-22-11-13-25(36)14-12-22/h4-17,31H,18-19H2,1-3H3,(H,40,44)(H,39,41,42). The van der Waals surface area contributed by atoms with Gasteiger partial charge in [-0.3, -0.25) is 4.79 Å². The Hall–Kier alpha value is -3.77. The molecule has 1 aliphatic heterocycles. The molecular formula is C35H30Br2ClN5O3S. The van der Waals surface area contributed by atoms with E-state index < -0.39 is 6.04 Å². The Kier molecular flexibility index (Phi) is 10.3. The van der Waals surface area contributed by atoms with Crippen molar-refractivity contribution in [1.82, 2.24) is 14.8 Å². The first kappa shape index (κ1) is 33.1. The minimum absolute atomic E-state index is 0.261. The van der Waals surface area contributed by atoms with E-state index in [1.165, 1.54) is 11.8 Å². The Bertz CT molecular complexity index is 1980. The Labute approximate surface area is 299 Å². The van der Waals surface area contributed by atoms with Crippen molar-refractivity contribution in [2.45, 2.75) is 37.4 Å². The van der Waals surface area contributed by atoms with Gasteiger partial charge < -0.3 is 20.1 Å². The molecule has 4 aromatic carbocycles. The molecule has 0 radical (unpaired) electrons. The second-order valence-corrected chi connectivity index (χ2v) is 14.0. The largest absolute Gasteiger partial charge is 0.493 e. The molecule has 0 fully saturated rings. The van der Waals surface area contributed by atoms with Crippen LogP contribution in [0.1, 0.15) is 35.2 Å². The number of hydrogen-bond acceptors (Lipinski definition) is 7. The lowest BCUT2D eigenvalue weighted by atomic mass is 9.94. The molecule has 1 aliphatic rings. The minimum Gasteiger partial charge on any atom is -0.493 e. The number of methoxy groups -OCH3 is 1. The third-order valence-corrected chi connectivity index (χ3v) is 9.91. The molecule has 1 atom stereocenters. The molecule has 5 aromatic rings. The van der Waals surface area contributed by atoms with Crippen LogP contribution < -0.4 is 20.1 Å². The van der Waals surface area contributed by atoms with Gasteiger partial charge in [-0.15, -0.1) is 5.10 Å². The summed E-state index contributed by atoms with van der Waals surface area (Å²) in [5.41, 5.74) is 5.64. The topological polar surface area (TPSA) is 90.3 Å². The molecule has 1 aromatic heterocycles. The fourth-order valence-electron chi connectivity index (χ4n) is 5.25. The van der Waals surface area contributed by atoms with Gasteiger partial charge in [-0.1, -0.05) is 81.8 Å². The number of benzene rings is 4. The first-order valence-electron chi connectivity index (χ1n) is 14.6. The van der Waals surface area contributed by atoms with E-state index in [1.54, 1.807) is 11.8 Å². The first-order chi connectivity index (χ1) is 22.7. The summed E-state index contributed by atoms with van der Waals surface area (Å²) in [6, 6.07) is 26.5. The quantitative estimate of drug-likeness (QED) is 0.136. The number of rotatable bonds is 10. The van der Waals surface area contributed by atoms with Crippen molar-refractivity contribution in [1.29, 1.82) is 0 Å². The van der Waals surface area contributed by atoms with Crippen molar-refractivity contribution in [3.05, 3.63) is 132 Å². The van der Waals surface area contributed by atoms with Gasteiger partial charge in [0, 0.05) is 26.6 Å². The SMILES string of the molecule is COc1cc(C2C(C(=O)Nc3cccc(C)c3)=C(C)Nc3nc(SCc4ccccc4Cl)nn32)cc(Br)c1OCc1ccc(Br)cc1. The second-order valence-electron chi connectivity index (χ2n) is 10.9.